The van der Waals surface area contributed by atoms with Gasteiger partial charge in [0.15, 0.2) is 0 Å². The Morgan fingerprint density at radius 1 is 0.676 bits per heavy atom. The van der Waals surface area contributed by atoms with Crippen molar-refractivity contribution < 1.29 is 4.74 Å². The first-order chi connectivity index (χ1) is 17.8. The van der Waals surface area contributed by atoms with Gasteiger partial charge in [0, 0.05) is 6.54 Å². The summed E-state index contributed by atoms with van der Waals surface area (Å²) in [4.78, 5) is 5.17. The van der Waals surface area contributed by atoms with E-state index in [4.69, 9.17) is 9.72 Å². The summed E-state index contributed by atoms with van der Waals surface area (Å²) in [6.07, 6.45) is -0.292. The molecule has 1 heterocycles. The highest BCUT2D eigenvalue weighted by Crippen LogP contribution is 2.32. The summed E-state index contributed by atoms with van der Waals surface area (Å²) in [5.74, 6) is 0.939. The standard InChI is InChI=1S/C34H36N2O/c1-22-16-24(3)29(25(4)17-22)20-36-32-15-11-10-14-31(32)35-34(36)33(28-12-8-7-9-13-28)37-21-30-26(5)18-23(2)19-27(30)6/h7-19,33H,20-21H2,1-6H3. The number of aryl methyl sites for hydroxylation is 6. The highest BCUT2D eigenvalue weighted by molar-refractivity contribution is 5.76. The van der Waals surface area contributed by atoms with Gasteiger partial charge in [0.2, 0.25) is 0 Å². The van der Waals surface area contributed by atoms with E-state index >= 15 is 0 Å². The number of rotatable bonds is 7. The lowest BCUT2D eigenvalue weighted by Crippen LogP contribution is -2.16. The minimum Gasteiger partial charge on any atom is -0.361 e. The maximum Gasteiger partial charge on any atom is 0.144 e. The molecule has 3 heteroatoms. The first-order valence-corrected chi connectivity index (χ1v) is 13.1. The fourth-order valence-electron chi connectivity index (χ4n) is 5.63. The Kier molecular flexibility index (Phi) is 6.99. The Morgan fingerprint density at radius 2 is 1.22 bits per heavy atom. The third kappa shape index (κ3) is 5.10. The molecule has 0 spiro atoms. The molecule has 0 aliphatic carbocycles. The largest absolute Gasteiger partial charge is 0.361 e. The van der Waals surface area contributed by atoms with Crippen LogP contribution in [-0.4, -0.2) is 9.55 Å². The minimum atomic E-state index is -0.292. The normalized spacial score (nSPS) is 12.3. The molecule has 0 aliphatic heterocycles. The van der Waals surface area contributed by atoms with E-state index in [0.29, 0.717) is 6.61 Å². The number of benzene rings is 4. The van der Waals surface area contributed by atoms with Gasteiger partial charge >= 0.3 is 0 Å². The van der Waals surface area contributed by atoms with Crippen LogP contribution in [0.15, 0.2) is 78.9 Å². The molecule has 4 aromatic carbocycles. The van der Waals surface area contributed by atoms with Gasteiger partial charge in [-0.3, -0.25) is 0 Å². The van der Waals surface area contributed by atoms with Crippen LogP contribution in [0, 0.1) is 41.5 Å². The molecule has 0 fully saturated rings. The van der Waals surface area contributed by atoms with Gasteiger partial charge in [0.05, 0.1) is 17.6 Å². The molecule has 0 saturated heterocycles. The number of hydrogen-bond donors (Lipinski definition) is 0. The highest BCUT2D eigenvalue weighted by atomic mass is 16.5. The molecule has 0 radical (unpaired) electrons. The number of para-hydroxylation sites is 2. The Hall–Kier alpha value is -3.69. The van der Waals surface area contributed by atoms with E-state index < -0.39 is 0 Å². The predicted molar refractivity (Wildman–Crippen MR) is 153 cm³/mol. The van der Waals surface area contributed by atoms with Crippen LogP contribution in [0.3, 0.4) is 0 Å². The van der Waals surface area contributed by atoms with E-state index in [9.17, 15) is 0 Å². The van der Waals surface area contributed by atoms with Crippen LogP contribution in [0.2, 0.25) is 0 Å². The Morgan fingerprint density at radius 3 is 1.84 bits per heavy atom. The first kappa shape index (κ1) is 25.0. The van der Waals surface area contributed by atoms with E-state index in [1.54, 1.807) is 0 Å². The molecule has 0 aliphatic rings. The molecule has 0 bridgehead atoms. The lowest BCUT2D eigenvalue weighted by Gasteiger charge is -2.22. The van der Waals surface area contributed by atoms with Gasteiger partial charge in [-0.15, -0.1) is 0 Å². The van der Waals surface area contributed by atoms with Crippen molar-refractivity contribution in [1.82, 2.24) is 9.55 Å². The van der Waals surface area contributed by atoms with Crippen molar-refractivity contribution in [2.45, 2.75) is 60.8 Å². The molecule has 1 unspecified atom stereocenters. The quantitative estimate of drug-likeness (QED) is 0.231. The van der Waals surface area contributed by atoms with E-state index in [-0.39, 0.29) is 6.10 Å². The van der Waals surface area contributed by atoms with Crippen molar-refractivity contribution in [3.05, 3.63) is 135 Å². The molecular formula is C34H36N2O. The average Bonchev–Trinajstić information content (AvgIpc) is 3.21. The summed E-state index contributed by atoms with van der Waals surface area (Å²) in [5, 5.41) is 0. The van der Waals surface area contributed by atoms with Gasteiger partial charge in [-0.2, -0.15) is 0 Å². The summed E-state index contributed by atoms with van der Waals surface area (Å²) < 4.78 is 9.16. The summed E-state index contributed by atoms with van der Waals surface area (Å²) in [6.45, 7) is 14.4. The number of hydrogen-bond acceptors (Lipinski definition) is 2. The second kappa shape index (κ2) is 10.4. The van der Waals surface area contributed by atoms with Gasteiger partial charge in [0.1, 0.15) is 11.9 Å². The van der Waals surface area contributed by atoms with Crippen LogP contribution >= 0.6 is 0 Å². The van der Waals surface area contributed by atoms with Gasteiger partial charge in [-0.05, 0) is 92.6 Å². The van der Waals surface area contributed by atoms with Crippen LogP contribution in [-0.2, 0) is 17.9 Å². The first-order valence-electron chi connectivity index (χ1n) is 13.1. The maximum atomic E-state index is 6.81. The third-order valence-electron chi connectivity index (χ3n) is 7.41. The summed E-state index contributed by atoms with van der Waals surface area (Å²) in [7, 11) is 0. The molecule has 1 aromatic heterocycles. The molecule has 188 valence electrons. The fourth-order valence-corrected chi connectivity index (χ4v) is 5.63. The number of nitrogens with zero attached hydrogens (tertiary/aromatic N) is 2. The molecule has 0 saturated carbocycles. The van der Waals surface area contributed by atoms with Crippen molar-refractivity contribution in [2.24, 2.45) is 0 Å². The zero-order valence-electron chi connectivity index (χ0n) is 22.8. The molecule has 5 rings (SSSR count). The zero-order chi connectivity index (χ0) is 26.1. The summed E-state index contributed by atoms with van der Waals surface area (Å²) in [6, 6.07) is 27.9. The highest BCUT2D eigenvalue weighted by Gasteiger charge is 2.24. The lowest BCUT2D eigenvalue weighted by atomic mass is 9.99. The average molecular weight is 489 g/mol. The van der Waals surface area contributed by atoms with E-state index in [1.165, 1.54) is 44.5 Å². The monoisotopic (exact) mass is 488 g/mol. The molecule has 0 amide bonds. The summed E-state index contributed by atoms with van der Waals surface area (Å²) >= 11 is 0. The Bertz CT molecular complexity index is 1520. The molecule has 37 heavy (non-hydrogen) atoms. The zero-order valence-corrected chi connectivity index (χ0v) is 22.8. The van der Waals surface area contributed by atoms with Crippen molar-refractivity contribution in [3.63, 3.8) is 0 Å². The number of ether oxygens (including phenoxy) is 1. The number of aromatic nitrogens is 2. The van der Waals surface area contributed by atoms with Crippen molar-refractivity contribution in [3.8, 4) is 0 Å². The van der Waals surface area contributed by atoms with Crippen LogP contribution in [0.4, 0.5) is 0 Å². The van der Waals surface area contributed by atoms with Gasteiger partial charge in [-0.1, -0.05) is 77.9 Å². The van der Waals surface area contributed by atoms with Gasteiger partial charge < -0.3 is 9.30 Å². The van der Waals surface area contributed by atoms with Crippen LogP contribution < -0.4 is 0 Å². The van der Waals surface area contributed by atoms with Crippen LogP contribution in [0.25, 0.3) is 11.0 Å². The molecule has 0 N–H and O–H groups in total. The van der Waals surface area contributed by atoms with Crippen molar-refractivity contribution in [1.29, 1.82) is 0 Å². The number of fused-ring (bicyclic) bond motifs is 1. The molecule has 5 aromatic rings. The molecular weight excluding hydrogens is 452 g/mol. The molecule has 3 nitrogen and oxygen atoms in total. The van der Waals surface area contributed by atoms with Crippen LogP contribution in [0.1, 0.15) is 62.0 Å². The predicted octanol–water partition coefficient (Wildman–Crippen LogP) is 8.24. The van der Waals surface area contributed by atoms with Gasteiger partial charge in [-0.25, -0.2) is 4.98 Å². The Balaban J connectivity index is 1.63. The fraction of sp³-hybridized carbons (Fsp3) is 0.265. The molecule has 1 atom stereocenters. The van der Waals surface area contributed by atoms with Crippen molar-refractivity contribution >= 4 is 11.0 Å². The minimum absolute atomic E-state index is 0.292. The van der Waals surface area contributed by atoms with E-state index in [1.807, 2.05) is 0 Å². The Labute approximate surface area is 220 Å². The van der Waals surface area contributed by atoms with E-state index in [0.717, 1.165) is 29.0 Å². The second-order valence-electron chi connectivity index (χ2n) is 10.4. The lowest BCUT2D eigenvalue weighted by molar-refractivity contribution is 0.0586. The SMILES string of the molecule is Cc1cc(C)c(COC(c2ccccc2)c2nc3ccccc3n2Cc2c(C)cc(C)cc2C)c(C)c1. The smallest absolute Gasteiger partial charge is 0.144 e. The van der Waals surface area contributed by atoms with Crippen LogP contribution in [0.5, 0.6) is 0 Å². The van der Waals surface area contributed by atoms with Crippen molar-refractivity contribution in [2.75, 3.05) is 0 Å². The van der Waals surface area contributed by atoms with E-state index in [2.05, 4.69) is 125 Å². The second-order valence-corrected chi connectivity index (χ2v) is 10.4. The maximum absolute atomic E-state index is 6.81. The third-order valence-corrected chi connectivity index (χ3v) is 7.41. The number of imidazole rings is 1. The summed E-state index contributed by atoms with van der Waals surface area (Å²) in [5.41, 5.74) is 13.6. The topological polar surface area (TPSA) is 27.1 Å². The van der Waals surface area contributed by atoms with Gasteiger partial charge in [0.25, 0.3) is 0 Å².